The fourth-order valence-corrected chi connectivity index (χ4v) is 4.57. The van der Waals surface area contributed by atoms with Crippen LogP contribution in [0.3, 0.4) is 0 Å². The van der Waals surface area contributed by atoms with E-state index in [9.17, 15) is 0 Å². The fourth-order valence-electron chi connectivity index (χ4n) is 3.30. The van der Waals surface area contributed by atoms with Gasteiger partial charge in [-0.05, 0) is 48.5 Å². The molecular formula is C24H16N4S. The van der Waals surface area contributed by atoms with Gasteiger partial charge in [0.2, 0.25) is 0 Å². The maximum atomic E-state index is 4.66. The molecule has 0 amide bonds. The molecule has 5 aromatic rings. The summed E-state index contributed by atoms with van der Waals surface area (Å²) in [4.78, 5) is 20.7. The molecule has 0 aliphatic carbocycles. The Morgan fingerprint density at radius 3 is 1.07 bits per heavy atom. The molecule has 0 aliphatic heterocycles. The van der Waals surface area contributed by atoms with Crippen molar-refractivity contribution in [2.45, 2.75) is 0 Å². The van der Waals surface area contributed by atoms with Crippen molar-refractivity contribution in [3.05, 3.63) is 97.6 Å². The molecule has 29 heavy (non-hydrogen) atoms. The minimum atomic E-state index is 0.896. The van der Waals surface area contributed by atoms with Crippen molar-refractivity contribution in [3.8, 4) is 43.7 Å². The highest BCUT2D eigenvalue weighted by Gasteiger charge is 2.25. The highest BCUT2D eigenvalue weighted by atomic mass is 32.1. The monoisotopic (exact) mass is 392 g/mol. The van der Waals surface area contributed by atoms with Crippen LogP contribution in [0.1, 0.15) is 0 Å². The van der Waals surface area contributed by atoms with Gasteiger partial charge in [-0.2, -0.15) is 0 Å². The van der Waals surface area contributed by atoms with Crippen LogP contribution in [0.25, 0.3) is 43.7 Å². The fraction of sp³-hybridized carbons (Fsp3) is 0. The van der Waals surface area contributed by atoms with Gasteiger partial charge in [-0.1, -0.05) is 24.3 Å². The third-order valence-electron chi connectivity index (χ3n) is 4.55. The average molecular weight is 392 g/mol. The minimum Gasteiger partial charge on any atom is -0.256 e. The lowest BCUT2D eigenvalue weighted by atomic mass is 9.98. The lowest BCUT2D eigenvalue weighted by molar-refractivity contribution is 1.29. The lowest BCUT2D eigenvalue weighted by Gasteiger charge is -2.08. The number of thiophene rings is 1. The molecule has 0 aliphatic rings. The Labute approximate surface area is 172 Å². The number of aromatic nitrogens is 4. The van der Waals surface area contributed by atoms with Crippen molar-refractivity contribution in [1.82, 2.24) is 19.9 Å². The summed E-state index contributed by atoms with van der Waals surface area (Å²) in [6.07, 6.45) is 7.27. The average Bonchev–Trinajstić information content (AvgIpc) is 3.22. The Hall–Kier alpha value is -3.70. The van der Waals surface area contributed by atoms with Gasteiger partial charge in [-0.3, -0.25) is 19.9 Å². The van der Waals surface area contributed by atoms with Gasteiger partial charge in [0.25, 0.3) is 0 Å². The highest BCUT2D eigenvalue weighted by Crippen LogP contribution is 2.50. The van der Waals surface area contributed by atoms with Crippen LogP contribution in [-0.2, 0) is 0 Å². The van der Waals surface area contributed by atoms with Crippen molar-refractivity contribution >= 4 is 11.3 Å². The number of hydrogen-bond donors (Lipinski definition) is 0. The molecule has 0 saturated heterocycles. The van der Waals surface area contributed by atoms with E-state index in [1.165, 1.54) is 0 Å². The van der Waals surface area contributed by atoms with Gasteiger partial charge in [-0.25, -0.2) is 0 Å². The summed E-state index contributed by atoms with van der Waals surface area (Å²) in [5.74, 6) is 0. The summed E-state index contributed by atoms with van der Waals surface area (Å²) < 4.78 is 0. The first-order chi connectivity index (χ1) is 14.4. The van der Waals surface area contributed by atoms with Gasteiger partial charge in [-0.15, -0.1) is 11.3 Å². The Morgan fingerprint density at radius 2 is 0.759 bits per heavy atom. The van der Waals surface area contributed by atoms with E-state index in [-0.39, 0.29) is 0 Å². The second kappa shape index (κ2) is 7.73. The largest absolute Gasteiger partial charge is 0.256 e. The number of rotatable bonds is 4. The normalized spacial score (nSPS) is 10.8. The Balaban J connectivity index is 1.89. The summed E-state index contributed by atoms with van der Waals surface area (Å²) >= 11 is 1.68. The smallest absolute Gasteiger partial charge is 0.0809 e. The van der Waals surface area contributed by atoms with Gasteiger partial charge in [0, 0.05) is 35.9 Å². The molecule has 4 nitrogen and oxygen atoms in total. The molecule has 0 bridgehead atoms. The van der Waals surface area contributed by atoms with Gasteiger partial charge in [0.1, 0.15) is 0 Å². The third kappa shape index (κ3) is 3.32. The highest BCUT2D eigenvalue weighted by molar-refractivity contribution is 7.20. The lowest BCUT2D eigenvalue weighted by Crippen LogP contribution is -1.91. The molecule has 0 atom stereocenters. The predicted octanol–water partition coefficient (Wildman–Crippen LogP) is 6.00. The molecule has 5 aromatic heterocycles. The second-order valence-corrected chi connectivity index (χ2v) is 7.39. The Morgan fingerprint density at radius 1 is 0.414 bits per heavy atom. The SMILES string of the molecule is c1ccc(-c2sc(-c3ccccn3)c(-c3ccccn3)c2-c2ccccn2)nc1. The number of pyridine rings is 4. The van der Waals surface area contributed by atoms with Gasteiger partial charge in [0.15, 0.2) is 0 Å². The van der Waals surface area contributed by atoms with Crippen LogP contribution >= 0.6 is 11.3 Å². The first-order valence-electron chi connectivity index (χ1n) is 9.24. The summed E-state index contributed by atoms with van der Waals surface area (Å²) in [6, 6.07) is 23.9. The van der Waals surface area contributed by atoms with E-state index in [2.05, 4.69) is 19.9 Å². The molecule has 0 spiro atoms. The van der Waals surface area contributed by atoms with Crippen LogP contribution in [-0.4, -0.2) is 19.9 Å². The van der Waals surface area contributed by atoms with Gasteiger partial charge < -0.3 is 0 Å². The van der Waals surface area contributed by atoms with Crippen molar-refractivity contribution in [3.63, 3.8) is 0 Å². The minimum absolute atomic E-state index is 0.896. The van der Waals surface area contributed by atoms with Crippen LogP contribution in [0, 0.1) is 0 Å². The van der Waals surface area contributed by atoms with Crippen LogP contribution in [0.2, 0.25) is 0 Å². The number of hydrogen-bond acceptors (Lipinski definition) is 5. The van der Waals surface area contributed by atoms with E-state index in [4.69, 9.17) is 0 Å². The Kier molecular flexibility index (Phi) is 4.64. The quantitative estimate of drug-likeness (QED) is 0.377. The van der Waals surface area contributed by atoms with E-state index in [1.807, 2.05) is 97.6 Å². The van der Waals surface area contributed by atoms with Gasteiger partial charge >= 0.3 is 0 Å². The molecule has 5 rings (SSSR count). The van der Waals surface area contributed by atoms with Crippen LogP contribution in [0.5, 0.6) is 0 Å². The molecule has 0 fully saturated rings. The maximum Gasteiger partial charge on any atom is 0.0809 e. The summed E-state index contributed by atoms with van der Waals surface area (Å²) in [7, 11) is 0. The van der Waals surface area contributed by atoms with E-state index in [1.54, 1.807) is 11.3 Å². The zero-order chi connectivity index (χ0) is 19.5. The van der Waals surface area contributed by atoms with Crippen molar-refractivity contribution < 1.29 is 0 Å². The van der Waals surface area contributed by atoms with Crippen molar-refractivity contribution in [1.29, 1.82) is 0 Å². The van der Waals surface area contributed by atoms with E-state index in [0.29, 0.717) is 0 Å². The molecular weight excluding hydrogens is 376 g/mol. The third-order valence-corrected chi connectivity index (χ3v) is 5.78. The summed E-state index contributed by atoms with van der Waals surface area (Å²) in [5.41, 5.74) is 5.69. The molecule has 5 heterocycles. The molecule has 0 N–H and O–H groups in total. The van der Waals surface area contributed by atoms with Crippen LogP contribution in [0.4, 0.5) is 0 Å². The van der Waals surface area contributed by atoms with Crippen LogP contribution < -0.4 is 0 Å². The van der Waals surface area contributed by atoms with Crippen molar-refractivity contribution in [2.24, 2.45) is 0 Å². The standard InChI is InChI=1S/C24H16N4S/c1-5-13-25-17(9-1)21-22(18-10-2-6-14-26-18)24(20-12-4-8-16-28-20)29-23(21)19-11-3-7-15-27-19/h1-16H. The zero-order valence-electron chi connectivity index (χ0n) is 15.4. The van der Waals surface area contributed by atoms with Crippen LogP contribution in [0.15, 0.2) is 97.6 Å². The summed E-state index contributed by atoms with van der Waals surface area (Å²) in [5, 5.41) is 0. The molecule has 138 valence electrons. The van der Waals surface area contributed by atoms with Gasteiger partial charge in [0.05, 0.1) is 32.5 Å². The molecule has 0 aromatic carbocycles. The first kappa shape index (κ1) is 17.4. The van der Waals surface area contributed by atoms with E-state index in [0.717, 1.165) is 43.7 Å². The van der Waals surface area contributed by atoms with Crippen molar-refractivity contribution in [2.75, 3.05) is 0 Å². The van der Waals surface area contributed by atoms with E-state index >= 15 is 0 Å². The molecule has 0 radical (unpaired) electrons. The molecule has 5 heteroatoms. The zero-order valence-corrected chi connectivity index (χ0v) is 16.3. The van der Waals surface area contributed by atoms with E-state index < -0.39 is 0 Å². The topological polar surface area (TPSA) is 51.6 Å². The second-order valence-electron chi connectivity index (χ2n) is 6.37. The number of nitrogens with zero attached hydrogens (tertiary/aromatic N) is 4. The first-order valence-corrected chi connectivity index (χ1v) is 10.1. The molecule has 0 unspecified atom stereocenters. The molecule has 0 saturated carbocycles. The Bertz CT molecular complexity index is 1120. The predicted molar refractivity (Wildman–Crippen MR) is 117 cm³/mol. The summed E-state index contributed by atoms with van der Waals surface area (Å²) in [6.45, 7) is 0. The maximum absolute atomic E-state index is 4.66.